The molecule has 0 saturated heterocycles. The molecular formula is C23H22N2O6S. The predicted octanol–water partition coefficient (Wildman–Crippen LogP) is 4.17. The summed E-state index contributed by atoms with van der Waals surface area (Å²) >= 11 is 0. The molecule has 1 N–H and O–H groups in total. The summed E-state index contributed by atoms with van der Waals surface area (Å²) in [4.78, 5) is 22.6. The minimum Gasteiger partial charge on any atom is -0.462 e. The topological polar surface area (TPSA) is 116 Å². The third-order valence-electron chi connectivity index (χ3n) is 4.78. The van der Waals surface area contributed by atoms with Gasteiger partial charge in [0.1, 0.15) is 0 Å². The monoisotopic (exact) mass is 454 g/mol. The van der Waals surface area contributed by atoms with Gasteiger partial charge in [0.25, 0.3) is 5.69 Å². The largest absolute Gasteiger partial charge is 0.462 e. The van der Waals surface area contributed by atoms with Crippen molar-refractivity contribution in [1.29, 1.82) is 0 Å². The first-order valence-corrected chi connectivity index (χ1v) is 11.3. The molecule has 0 bridgehead atoms. The van der Waals surface area contributed by atoms with Crippen molar-refractivity contribution in [3.8, 4) is 0 Å². The number of hydrogen-bond acceptors (Lipinski definition) is 6. The molecule has 0 amide bonds. The highest BCUT2D eigenvalue weighted by molar-refractivity contribution is 7.89. The highest BCUT2D eigenvalue weighted by Crippen LogP contribution is 2.21. The molecule has 0 aliphatic rings. The number of esters is 1. The van der Waals surface area contributed by atoms with Crippen molar-refractivity contribution in [2.75, 3.05) is 6.61 Å². The maximum Gasteiger partial charge on any atom is 0.338 e. The number of nitrogens with one attached hydrogen (secondary N) is 1. The molecule has 3 aromatic carbocycles. The van der Waals surface area contributed by atoms with Gasteiger partial charge in [0.05, 0.1) is 28.0 Å². The number of rotatable bonds is 9. The highest BCUT2D eigenvalue weighted by atomic mass is 32.2. The summed E-state index contributed by atoms with van der Waals surface area (Å²) in [6, 6.07) is 20.0. The van der Waals surface area contributed by atoms with Crippen molar-refractivity contribution in [2.45, 2.75) is 24.3 Å². The van der Waals surface area contributed by atoms with Gasteiger partial charge in [0.15, 0.2) is 0 Å². The molecule has 32 heavy (non-hydrogen) atoms. The Morgan fingerprint density at radius 1 is 1.00 bits per heavy atom. The van der Waals surface area contributed by atoms with Crippen LogP contribution in [0.2, 0.25) is 0 Å². The van der Waals surface area contributed by atoms with E-state index in [9.17, 15) is 23.3 Å². The van der Waals surface area contributed by atoms with Crippen molar-refractivity contribution >= 4 is 21.7 Å². The fraction of sp³-hybridized carbons (Fsp3) is 0.174. The number of ether oxygens (including phenoxy) is 1. The van der Waals surface area contributed by atoms with Gasteiger partial charge in [-0.3, -0.25) is 10.1 Å². The molecule has 0 spiro atoms. The van der Waals surface area contributed by atoms with E-state index in [4.69, 9.17) is 4.74 Å². The number of carbonyl (C=O) groups excluding carboxylic acids is 1. The molecular weight excluding hydrogens is 432 g/mol. The van der Waals surface area contributed by atoms with E-state index >= 15 is 0 Å². The number of benzene rings is 3. The number of hydrogen-bond donors (Lipinski definition) is 1. The molecule has 0 aromatic heterocycles. The van der Waals surface area contributed by atoms with Crippen LogP contribution in [0.4, 0.5) is 5.69 Å². The molecule has 0 heterocycles. The van der Waals surface area contributed by atoms with Crippen LogP contribution in [-0.4, -0.2) is 25.9 Å². The van der Waals surface area contributed by atoms with E-state index in [2.05, 4.69) is 4.72 Å². The summed E-state index contributed by atoms with van der Waals surface area (Å²) in [5.41, 5.74) is 1.72. The summed E-state index contributed by atoms with van der Waals surface area (Å²) in [7, 11) is -3.79. The average Bonchev–Trinajstić information content (AvgIpc) is 2.79. The third-order valence-corrected chi connectivity index (χ3v) is 6.27. The zero-order valence-corrected chi connectivity index (χ0v) is 18.1. The Morgan fingerprint density at radius 2 is 1.62 bits per heavy atom. The van der Waals surface area contributed by atoms with Gasteiger partial charge in [-0.1, -0.05) is 48.0 Å². The van der Waals surface area contributed by atoms with E-state index in [0.717, 1.165) is 11.1 Å². The normalized spacial score (nSPS) is 12.2. The zero-order valence-electron chi connectivity index (χ0n) is 17.3. The molecule has 0 radical (unpaired) electrons. The minimum atomic E-state index is -3.79. The van der Waals surface area contributed by atoms with Crippen LogP contribution in [0.25, 0.3) is 0 Å². The van der Waals surface area contributed by atoms with Gasteiger partial charge < -0.3 is 4.74 Å². The fourth-order valence-electron chi connectivity index (χ4n) is 3.02. The molecule has 0 aliphatic carbocycles. The first-order chi connectivity index (χ1) is 15.3. The van der Waals surface area contributed by atoms with Crippen molar-refractivity contribution in [3.05, 3.63) is 106 Å². The van der Waals surface area contributed by atoms with E-state index in [1.54, 1.807) is 36.4 Å². The predicted molar refractivity (Wildman–Crippen MR) is 119 cm³/mol. The number of aryl methyl sites for hydroxylation is 1. The SMILES string of the molecule is Cc1ccc(S(=O)(=O)NC(CCOC(=O)c2ccc([N+](=O)[O-])cc2)c2ccccc2)cc1. The van der Waals surface area contributed by atoms with Crippen LogP contribution in [0.15, 0.2) is 83.8 Å². The molecule has 9 heteroatoms. The zero-order chi connectivity index (χ0) is 23.1. The van der Waals surface area contributed by atoms with Gasteiger partial charge in [0.2, 0.25) is 10.0 Å². The Bertz CT molecular complexity index is 1180. The van der Waals surface area contributed by atoms with E-state index in [0.29, 0.717) is 0 Å². The molecule has 8 nitrogen and oxygen atoms in total. The van der Waals surface area contributed by atoms with Crippen LogP contribution in [0.5, 0.6) is 0 Å². The summed E-state index contributed by atoms with van der Waals surface area (Å²) < 4.78 is 33.7. The fourth-order valence-corrected chi connectivity index (χ4v) is 4.28. The highest BCUT2D eigenvalue weighted by Gasteiger charge is 2.22. The van der Waals surface area contributed by atoms with Crippen molar-refractivity contribution in [2.24, 2.45) is 0 Å². The summed E-state index contributed by atoms with van der Waals surface area (Å²) in [6.07, 6.45) is 0.202. The number of nitrogens with zero attached hydrogens (tertiary/aromatic N) is 1. The Hall–Kier alpha value is -3.56. The van der Waals surface area contributed by atoms with Crippen LogP contribution in [0.1, 0.15) is 33.9 Å². The second-order valence-electron chi connectivity index (χ2n) is 7.13. The standard InChI is InChI=1S/C23H22N2O6S/c1-17-7-13-21(14-8-17)32(29,30)24-22(18-5-3-2-4-6-18)15-16-31-23(26)19-9-11-20(12-10-19)25(27)28/h2-14,22,24H,15-16H2,1H3. The number of sulfonamides is 1. The van der Waals surface area contributed by atoms with Crippen LogP contribution in [0.3, 0.4) is 0 Å². The van der Waals surface area contributed by atoms with Gasteiger partial charge in [-0.15, -0.1) is 0 Å². The maximum atomic E-state index is 12.9. The molecule has 0 fully saturated rings. The van der Waals surface area contributed by atoms with Gasteiger partial charge in [0, 0.05) is 18.6 Å². The molecule has 0 aliphatic heterocycles. The lowest BCUT2D eigenvalue weighted by Crippen LogP contribution is -2.29. The quantitative estimate of drug-likeness (QED) is 0.295. The second kappa shape index (κ2) is 10.2. The molecule has 0 saturated carbocycles. The summed E-state index contributed by atoms with van der Waals surface area (Å²) in [5.74, 6) is -0.645. The Kier molecular flexibility index (Phi) is 7.34. The number of non-ortho nitro benzene ring substituents is 1. The van der Waals surface area contributed by atoms with Crippen molar-refractivity contribution in [1.82, 2.24) is 4.72 Å². The van der Waals surface area contributed by atoms with Gasteiger partial charge >= 0.3 is 5.97 Å². The van der Waals surface area contributed by atoms with Gasteiger partial charge in [-0.2, -0.15) is 0 Å². The number of nitro groups is 1. The maximum absolute atomic E-state index is 12.9. The molecule has 166 valence electrons. The first-order valence-electron chi connectivity index (χ1n) is 9.82. The molecule has 1 atom stereocenters. The molecule has 3 rings (SSSR count). The number of nitro benzene ring substituents is 1. The van der Waals surface area contributed by atoms with Gasteiger partial charge in [-0.25, -0.2) is 17.9 Å². The van der Waals surface area contributed by atoms with Crippen LogP contribution in [-0.2, 0) is 14.8 Å². The molecule has 3 aromatic rings. The first kappa shape index (κ1) is 23.1. The van der Waals surface area contributed by atoms with Crippen LogP contribution >= 0.6 is 0 Å². The Labute approximate surface area is 186 Å². The average molecular weight is 455 g/mol. The summed E-state index contributed by atoms with van der Waals surface area (Å²) in [5, 5.41) is 10.7. The smallest absolute Gasteiger partial charge is 0.338 e. The lowest BCUT2D eigenvalue weighted by Gasteiger charge is -2.19. The van der Waals surface area contributed by atoms with E-state index in [1.807, 2.05) is 13.0 Å². The van der Waals surface area contributed by atoms with Crippen molar-refractivity contribution in [3.63, 3.8) is 0 Å². The Morgan fingerprint density at radius 3 is 2.22 bits per heavy atom. The van der Waals surface area contributed by atoms with Crippen LogP contribution in [0, 0.1) is 17.0 Å². The van der Waals surface area contributed by atoms with Gasteiger partial charge in [-0.05, 0) is 36.8 Å². The summed E-state index contributed by atoms with van der Waals surface area (Å²) in [6.45, 7) is 1.82. The van der Waals surface area contributed by atoms with E-state index in [-0.39, 0.29) is 29.2 Å². The van der Waals surface area contributed by atoms with E-state index < -0.39 is 27.0 Å². The minimum absolute atomic E-state index is 0.0498. The third kappa shape index (κ3) is 5.99. The molecule has 1 unspecified atom stereocenters. The van der Waals surface area contributed by atoms with E-state index in [1.165, 1.54) is 36.4 Å². The van der Waals surface area contributed by atoms with Crippen LogP contribution < -0.4 is 4.72 Å². The Balaban J connectivity index is 1.69. The lowest BCUT2D eigenvalue weighted by molar-refractivity contribution is -0.384. The lowest BCUT2D eigenvalue weighted by atomic mass is 10.1. The van der Waals surface area contributed by atoms with Crippen molar-refractivity contribution < 1.29 is 22.9 Å². The number of carbonyl (C=O) groups is 1. The second-order valence-corrected chi connectivity index (χ2v) is 8.84.